The number of aromatic nitrogens is 2. The fourth-order valence-corrected chi connectivity index (χ4v) is 4.06. The lowest BCUT2D eigenvalue weighted by atomic mass is 9.92. The van der Waals surface area contributed by atoms with E-state index in [0.29, 0.717) is 11.8 Å². The van der Waals surface area contributed by atoms with Crippen LogP contribution in [0.25, 0.3) is 33.5 Å². The van der Waals surface area contributed by atoms with E-state index in [-0.39, 0.29) is 5.75 Å². The molecule has 0 aliphatic heterocycles. The molecule has 0 saturated heterocycles. The van der Waals surface area contributed by atoms with Crippen LogP contribution in [0.3, 0.4) is 0 Å². The number of hydrogen-bond donors (Lipinski definition) is 2. The third kappa shape index (κ3) is 2.49. The minimum absolute atomic E-state index is 0.254. The van der Waals surface area contributed by atoms with Gasteiger partial charge in [0.15, 0.2) is 5.76 Å². The molecule has 0 radical (unpaired) electrons. The summed E-state index contributed by atoms with van der Waals surface area (Å²) in [6, 6.07) is 13.6. The van der Waals surface area contributed by atoms with Gasteiger partial charge in [-0.2, -0.15) is 5.90 Å². The van der Waals surface area contributed by atoms with Crippen molar-refractivity contribution in [3.05, 3.63) is 54.2 Å². The van der Waals surface area contributed by atoms with Crippen LogP contribution in [0.15, 0.2) is 53.2 Å². The maximum atomic E-state index is 10.2. The summed E-state index contributed by atoms with van der Waals surface area (Å²) in [5, 5.41) is 15.2. The highest BCUT2D eigenvalue weighted by Gasteiger charge is 2.30. The molecular weight excluding hydrogens is 354 g/mol. The number of nitrogens with zero attached hydrogens (tertiary/aromatic N) is 2. The number of nitrogens with two attached hydrogens (primary N) is 1. The summed E-state index contributed by atoms with van der Waals surface area (Å²) >= 11 is 0. The Balaban J connectivity index is 1.88. The van der Waals surface area contributed by atoms with Crippen LogP contribution in [-0.4, -0.2) is 14.8 Å². The van der Waals surface area contributed by atoms with E-state index in [1.807, 2.05) is 43.3 Å². The van der Waals surface area contributed by atoms with E-state index in [4.69, 9.17) is 15.3 Å². The summed E-state index contributed by atoms with van der Waals surface area (Å²) in [5.41, 5.74) is 5.08. The molecule has 2 aromatic carbocycles. The van der Waals surface area contributed by atoms with Crippen molar-refractivity contribution in [1.29, 1.82) is 0 Å². The predicted octanol–water partition coefficient (Wildman–Crippen LogP) is 4.95. The Morgan fingerprint density at radius 3 is 2.57 bits per heavy atom. The smallest absolute Gasteiger partial charge is 0.172 e. The first kappa shape index (κ1) is 16.9. The molecule has 142 valence electrons. The molecule has 4 aromatic rings. The van der Waals surface area contributed by atoms with Crippen LogP contribution in [0, 0.1) is 6.92 Å². The first-order chi connectivity index (χ1) is 13.7. The van der Waals surface area contributed by atoms with Crippen LogP contribution >= 0.6 is 0 Å². The van der Waals surface area contributed by atoms with Crippen LogP contribution in [0.1, 0.15) is 30.9 Å². The first-order valence-corrected chi connectivity index (χ1v) is 9.43. The summed E-state index contributed by atoms with van der Waals surface area (Å²) in [4.78, 5) is 4.84. The molecule has 0 bridgehead atoms. The van der Waals surface area contributed by atoms with Gasteiger partial charge in [0.1, 0.15) is 11.5 Å². The van der Waals surface area contributed by atoms with Crippen LogP contribution in [-0.2, 0) is 0 Å². The Morgan fingerprint density at radius 2 is 1.96 bits per heavy atom. The van der Waals surface area contributed by atoms with Gasteiger partial charge in [-0.1, -0.05) is 5.16 Å². The second-order valence-corrected chi connectivity index (χ2v) is 7.36. The van der Waals surface area contributed by atoms with Gasteiger partial charge in [-0.3, -0.25) is 0 Å². The summed E-state index contributed by atoms with van der Waals surface area (Å²) in [5.74, 6) is 6.91. The van der Waals surface area contributed by atoms with E-state index >= 15 is 0 Å². The van der Waals surface area contributed by atoms with Crippen LogP contribution in [0.5, 0.6) is 11.5 Å². The molecule has 1 saturated carbocycles. The maximum Gasteiger partial charge on any atom is 0.172 e. The second kappa shape index (κ2) is 6.42. The molecule has 6 heteroatoms. The number of aromatic hydroxyl groups is 1. The fourth-order valence-electron chi connectivity index (χ4n) is 4.06. The average Bonchev–Trinajstić information content (AvgIpc) is 3.22. The highest BCUT2D eigenvalue weighted by Crippen LogP contribution is 2.47. The number of phenolic OH excluding ortho intramolecular Hbond substituents is 1. The van der Waals surface area contributed by atoms with Crippen molar-refractivity contribution >= 4 is 10.9 Å². The summed E-state index contributed by atoms with van der Waals surface area (Å²) in [7, 11) is 0. The van der Waals surface area contributed by atoms with Gasteiger partial charge in [0.05, 0.1) is 23.0 Å². The molecule has 2 heterocycles. The van der Waals surface area contributed by atoms with Gasteiger partial charge in [0, 0.05) is 23.1 Å². The highest BCUT2D eigenvalue weighted by atomic mass is 16.6. The van der Waals surface area contributed by atoms with Gasteiger partial charge >= 0.3 is 0 Å². The monoisotopic (exact) mass is 375 g/mol. The number of benzene rings is 2. The number of phenols is 1. The largest absolute Gasteiger partial charge is 0.508 e. The van der Waals surface area contributed by atoms with Crippen molar-refractivity contribution < 1.29 is 14.5 Å². The Morgan fingerprint density at radius 1 is 1.18 bits per heavy atom. The summed E-state index contributed by atoms with van der Waals surface area (Å²) in [6.07, 6.45) is 5.17. The Hall–Kier alpha value is -3.25. The molecule has 0 spiro atoms. The van der Waals surface area contributed by atoms with E-state index in [9.17, 15) is 5.11 Å². The van der Waals surface area contributed by atoms with Crippen molar-refractivity contribution in [3.63, 3.8) is 0 Å². The molecule has 0 amide bonds. The van der Waals surface area contributed by atoms with Gasteiger partial charge in [-0.25, -0.2) is 0 Å². The van der Waals surface area contributed by atoms with Crippen LogP contribution in [0.2, 0.25) is 0 Å². The molecule has 2 aromatic heterocycles. The SMILES string of the molecule is Cc1cnoc1-c1c(-c2ccc(ON)cc2)n(C2CCC2)c2cc(O)ccc12. The normalized spacial score (nSPS) is 14.4. The fraction of sp³-hybridized carbons (Fsp3) is 0.227. The molecule has 1 aliphatic rings. The molecule has 0 atom stereocenters. The maximum absolute atomic E-state index is 10.2. The van der Waals surface area contributed by atoms with E-state index in [0.717, 1.165) is 51.9 Å². The van der Waals surface area contributed by atoms with Crippen molar-refractivity contribution in [1.82, 2.24) is 9.72 Å². The lowest BCUT2D eigenvalue weighted by molar-refractivity contribution is 0.324. The molecule has 28 heavy (non-hydrogen) atoms. The van der Waals surface area contributed by atoms with Crippen LogP contribution < -0.4 is 10.7 Å². The Kier molecular flexibility index (Phi) is 3.87. The van der Waals surface area contributed by atoms with E-state index < -0.39 is 0 Å². The van der Waals surface area contributed by atoms with Gasteiger partial charge in [0.25, 0.3) is 0 Å². The zero-order valence-electron chi connectivity index (χ0n) is 15.6. The Bertz CT molecular complexity index is 1150. The molecular formula is C22H21N3O3. The van der Waals surface area contributed by atoms with Gasteiger partial charge in [-0.15, -0.1) is 0 Å². The molecule has 0 unspecified atom stereocenters. The van der Waals surface area contributed by atoms with Gasteiger partial charge in [-0.05, 0) is 68.1 Å². The lowest BCUT2D eigenvalue weighted by Crippen LogP contribution is -2.17. The summed E-state index contributed by atoms with van der Waals surface area (Å²) < 4.78 is 8.01. The second-order valence-electron chi connectivity index (χ2n) is 7.36. The van der Waals surface area contributed by atoms with E-state index in [1.165, 1.54) is 6.42 Å². The zero-order valence-corrected chi connectivity index (χ0v) is 15.6. The topological polar surface area (TPSA) is 86.4 Å². The lowest BCUT2D eigenvalue weighted by Gasteiger charge is -2.30. The summed E-state index contributed by atoms with van der Waals surface area (Å²) in [6.45, 7) is 1.99. The van der Waals surface area contributed by atoms with Crippen LogP contribution in [0.4, 0.5) is 0 Å². The molecule has 6 nitrogen and oxygen atoms in total. The highest BCUT2D eigenvalue weighted by molar-refractivity contribution is 6.04. The molecule has 3 N–H and O–H groups in total. The van der Waals surface area contributed by atoms with E-state index in [2.05, 4.69) is 9.72 Å². The third-order valence-corrected chi connectivity index (χ3v) is 5.67. The molecule has 1 aliphatic carbocycles. The molecule has 5 rings (SSSR count). The zero-order chi connectivity index (χ0) is 19.3. The van der Waals surface area contributed by atoms with Crippen molar-refractivity contribution in [2.75, 3.05) is 0 Å². The van der Waals surface area contributed by atoms with Crippen molar-refractivity contribution in [3.8, 4) is 34.1 Å². The first-order valence-electron chi connectivity index (χ1n) is 9.43. The number of hydrogen-bond acceptors (Lipinski definition) is 5. The quantitative estimate of drug-likeness (QED) is 0.493. The van der Waals surface area contributed by atoms with Gasteiger partial charge in [0.2, 0.25) is 0 Å². The number of fused-ring (bicyclic) bond motifs is 1. The van der Waals surface area contributed by atoms with Crippen molar-refractivity contribution in [2.24, 2.45) is 5.90 Å². The standard InChI is InChI=1S/C22H21N3O3/c1-13-12-24-28-22(13)20-18-10-7-16(26)11-19(18)25(15-3-2-4-15)21(20)14-5-8-17(27-23)9-6-14/h5-12,15,26H,2-4,23H2,1H3. The average molecular weight is 375 g/mol. The minimum Gasteiger partial charge on any atom is -0.508 e. The number of rotatable bonds is 4. The minimum atomic E-state index is 0.254. The Labute approximate surface area is 162 Å². The van der Waals surface area contributed by atoms with Gasteiger partial charge < -0.3 is 19.0 Å². The predicted molar refractivity (Wildman–Crippen MR) is 107 cm³/mol. The number of aryl methyl sites for hydroxylation is 1. The van der Waals surface area contributed by atoms with E-state index in [1.54, 1.807) is 12.3 Å². The molecule has 1 fully saturated rings. The van der Waals surface area contributed by atoms with Crippen molar-refractivity contribution in [2.45, 2.75) is 32.2 Å². The third-order valence-electron chi connectivity index (χ3n) is 5.67.